The topological polar surface area (TPSA) is 74.7 Å². The number of nitrogens with two attached hydrogens (primary N) is 1. The number of oxime groups is 1. The standard InChI is InChI=1S/C14H18N4O/c1-10(13(15)17-19)9-18(2)14-12-6-4-3-5-11(12)7-8-16-14/h3-8,10,19H,9H2,1-2H3,(H2,15,17). The summed E-state index contributed by atoms with van der Waals surface area (Å²) in [5.41, 5.74) is 5.61. The lowest BCUT2D eigenvalue weighted by Crippen LogP contribution is -2.33. The Morgan fingerprint density at radius 2 is 2.16 bits per heavy atom. The SMILES string of the molecule is CC(CN(C)c1nccc2ccccc12)/C(N)=N/O. The summed E-state index contributed by atoms with van der Waals surface area (Å²) >= 11 is 0. The quantitative estimate of drug-likeness (QED) is 0.381. The predicted molar refractivity (Wildman–Crippen MR) is 77.6 cm³/mol. The van der Waals surface area contributed by atoms with E-state index >= 15 is 0 Å². The second-order valence-corrected chi connectivity index (χ2v) is 4.66. The number of pyridine rings is 1. The maximum absolute atomic E-state index is 8.69. The fourth-order valence-corrected chi connectivity index (χ4v) is 2.10. The van der Waals surface area contributed by atoms with Gasteiger partial charge in [-0.05, 0) is 11.5 Å². The van der Waals surface area contributed by atoms with Gasteiger partial charge in [-0.2, -0.15) is 0 Å². The van der Waals surface area contributed by atoms with Crippen LogP contribution in [0.3, 0.4) is 0 Å². The van der Waals surface area contributed by atoms with E-state index in [0.29, 0.717) is 6.54 Å². The molecule has 2 aromatic rings. The molecular weight excluding hydrogens is 240 g/mol. The molecule has 1 aromatic carbocycles. The molecule has 0 aliphatic rings. The summed E-state index contributed by atoms with van der Waals surface area (Å²) in [5, 5.41) is 14.0. The van der Waals surface area contributed by atoms with Gasteiger partial charge in [0.15, 0.2) is 0 Å². The molecule has 0 spiro atoms. The van der Waals surface area contributed by atoms with Crippen molar-refractivity contribution in [2.75, 3.05) is 18.5 Å². The van der Waals surface area contributed by atoms with Gasteiger partial charge in [-0.25, -0.2) is 4.98 Å². The van der Waals surface area contributed by atoms with Crippen LogP contribution in [0.1, 0.15) is 6.92 Å². The van der Waals surface area contributed by atoms with Crippen molar-refractivity contribution < 1.29 is 5.21 Å². The molecule has 0 bridgehead atoms. The molecule has 100 valence electrons. The highest BCUT2D eigenvalue weighted by molar-refractivity contribution is 5.92. The minimum atomic E-state index is -0.0456. The van der Waals surface area contributed by atoms with Crippen LogP contribution in [0, 0.1) is 5.92 Å². The van der Waals surface area contributed by atoms with Crippen molar-refractivity contribution in [3.05, 3.63) is 36.5 Å². The van der Waals surface area contributed by atoms with Crippen LogP contribution < -0.4 is 10.6 Å². The third-order valence-electron chi connectivity index (χ3n) is 3.18. The van der Waals surface area contributed by atoms with E-state index in [-0.39, 0.29) is 11.8 Å². The zero-order chi connectivity index (χ0) is 13.8. The summed E-state index contributed by atoms with van der Waals surface area (Å²) in [5.74, 6) is 1.08. The van der Waals surface area contributed by atoms with Crippen LogP contribution in [0.4, 0.5) is 5.82 Å². The molecule has 1 unspecified atom stereocenters. The number of nitrogens with zero attached hydrogens (tertiary/aromatic N) is 3. The zero-order valence-corrected chi connectivity index (χ0v) is 11.1. The zero-order valence-electron chi connectivity index (χ0n) is 11.1. The van der Waals surface area contributed by atoms with Gasteiger partial charge in [-0.1, -0.05) is 36.3 Å². The Kier molecular flexibility index (Phi) is 3.85. The maximum atomic E-state index is 8.69. The minimum Gasteiger partial charge on any atom is -0.409 e. The second-order valence-electron chi connectivity index (χ2n) is 4.66. The van der Waals surface area contributed by atoms with Crippen molar-refractivity contribution in [3.8, 4) is 0 Å². The first-order chi connectivity index (χ1) is 9.13. The molecule has 1 aromatic heterocycles. The number of benzene rings is 1. The molecule has 0 fully saturated rings. The van der Waals surface area contributed by atoms with Gasteiger partial charge in [-0.15, -0.1) is 0 Å². The number of hydrogen-bond donors (Lipinski definition) is 2. The van der Waals surface area contributed by atoms with Gasteiger partial charge in [0, 0.05) is 31.1 Å². The number of fused-ring (bicyclic) bond motifs is 1. The number of rotatable bonds is 4. The predicted octanol–water partition coefficient (Wildman–Crippen LogP) is 2.05. The van der Waals surface area contributed by atoms with E-state index < -0.39 is 0 Å². The lowest BCUT2D eigenvalue weighted by atomic mass is 10.1. The molecule has 5 heteroatoms. The highest BCUT2D eigenvalue weighted by Crippen LogP contribution is 2.23. The first-order valence-corrected chi connectivity index (χ1v) is 6.15. The normalized spacial score (nSPS) is 13.5. The van der Waals surface area contributed by atoms with Gasteiger partial charge in [0.2, 0.25) is 0 Å². The average molecular weight is 258 g/mol. The van der Waals surface area contributed by atoms with Gasteiger partial charge < -0.3 is 15.8 Å². The monoisotopic (exact) mass is 258 g/mol. The van der Waals surface area contributed by atoms with Crippen LogP contribution in [-0.2, 0) is 0 Å². The molecule has 0 aliphatic carbocycles. The Morgan fingerprint density at radius 1 is 1.42 bits per heavy atom. The number of amidine groups is 1. The lowest BCUT2D eigenvalue weighted by Gasteiger charge is -2.23. The van der Waals surface area contributed by atoms with Gasteiger partial charge in [0.05, 0.1) is 0 Å². The summed E-state index contributed by atoms with van der Waals surface area (Å²) < 4.78 is 0. The average Bonchev–Trinajstić information content (AvgIpc) is 2.45. The summed E-state index contributed by atoms with van der Waals surface area (Å²) in [6.45, 7) is 2.55. The van der Waals surface area contributed by atoms with E-state index in [4.69, 9.17) is 10.9 Å². The van der Waals surface area contributed by atoms with Crippen LogP contribution in [0.2, 0.25) is 0 Å². The largest absolute Gasteiger partial charge is 0.409 e. The van der Waals surface area contributed by atoms with Crippen LogP contribution in [0.25, 0.3) is 10.8 Å². The van der Waals surface area contributed by atoms with Gasteiger partial charge in [0.25, 0.3) is 0 Å². The highest BCUT2D eigenvalue weighted by Gasteiger charge is 2.13. The molecule has 0 radical (unpaired) electrons. The molecule has 3 N–H and O–H groups in total. The molecule has 0 saturated heterocycles. The van der Waals surface area contributed by atoms with E-state index in [1.165, 1.54) is 0 Å². The fraction of sp³-hybridized carbons (Fsp3) is 0.286. The molecule has 0 saturated carbocycles. The summed E-state index contributed by atoms with van der Waals surface area (Å²) in [4.78, 5) is 6.45. The lowest BCUT2D eigenvalue weighted by molar-refractivity contribution is 0.314. The number of anilines is 1. The fourth-order valence-electron chi connectivity index (χ4n) is 2.10. The van der Waals surface area contributed by atoms with Gasteiger partial charge in [-0.3, -0.25) is 0 Å². The Balaban J connectivity index is 2.29. The van der Waals surface area contributed by atoms with Gasteiger partial charge in [0.1, 0.15) is 11.7 Å². The number of hydrogen-bond acceptors (Lipinski definition) is 4. The number of aromatic nitrogens is 1. The molecule has 2 rings (SSSR count). The molecule has 0 amide bonds. The first-order valence-electron chi connectivity index (χ1n) is 6.15. The van der Waals surface area contributed by atoms with Crippen LogP contribution in [-0.4, -0.2) is 29.6 Å². The second kappa shape index (κ2) is 5.56. The summed E-state index contributed by atoms with van der Waals surface area (Å²) in [7, 11) is 1.95. The van der Waals surface area contributed by atoms with Crippen molar-refractivity contribution in [3.63, 3.8) is 0 Å². The molecule has 1 heterocycles. The smallest absolute Gasteiger partial charge is 0.143 e. The van der Waals surface area contributed by atoms with E-state index in [0.717, 1.165) is 16.6 Å². The van der Waals surface area contributed by atoms with Crippen LogP contribution >= 0.6 is 0 Å². The molecule has 5 nitrogen and oxygen atoms in total. The van der Waals surface area contributed by atoms with Crippen molar-refractivity contribution >= 4 is 22.4 Å². The molecule has 0 aliphatic heterocycles. The Morgan fingerprint density at radius 3 is 2.89 bits per heavy atom. The van der Waals surface area contributed by atoms with Crippen LogP contribution in [0.5, 0.6) is 0 Å². The highest BCUT2D eigenvalue weighted by atomic mass is 16.4. The Hall–Kier alpha value is -2.30. The van der Waals surface area contributed by atoms with E-state index in [2.05, 4.69) is 16.2 Å². The van der Waals surface area contributed by atoms with E-state index in [1.807, 2.05) is 43.1 Å². The Bertz CT molecular complexity index is 592. The van der Waals surface area contributed by atoms with Crippen molar-refractivity contribution in [1.82, 2.24) is 4.98 Å². The van der Waals surface area contributed by atoms with Crippen molar-refractivity contribution in [1.29, 1.82) is 0 Å². The maximum Gasteiger partial charge on any atom is 0.143 e. The van der Waals surface area contributed by atoms with Gasteiger partial charge >= 0.3 is 0 Å². The summed E-state index contributed by atoms with van der Waals surface area (Å²) in [6.07, 6.45) is 1.79. The minimum absolute atomic E-state index is 0.0456. The first kappa shape index (κ1) is 13.1. The molecular formula is C14H18N4O. The van der Waals surface area contributed by atoms with Crippen molar-refractivity contribution in [2.24, 2.45) is 16.8 Å². The molecule has 1 atom stereocenters. The third kappa shape index (κ3) is 2.76. The van der Waals surface area contributed by atoms with Crippen LogP contribution in [0.15, 0.2) is 41.7 Å². The Labute approximate surface area is 112 Å². The third-order valence-corrected chi connectivity index (χ3v) is 3.18. The van der Waals surface area contributed by atoms with E-state index in [1.54, 1.807) is 6.20 Å². The molecule has 19 heavy (non-hydrogen) atoms. The van der Waals surface area contributed by atoms with E-state index in [9.17, 15) is 0 Å². The summed E-state index contributed by atoms with van der Waals surface area (Å²) in [6, 6.07) is 10.1. The van der Waals surface area contributed by atoms with Crippen molar-refractivity contribution in [2.45, 2.75) is 6.92 Å².